The zero-order valence-corrected chi connectivity index (χ0v) is 15.0. The summed E-state index contributed by atoms with van der Waals surface area (Å²) in [7, 11) is 3.88. The standard InChI is InChI=1S/C15H19BrN6O2/c1-22(2)7-6-18-15-20-13(11(12(17)23)14(24)21-15)19-10-5-3-4-9(16)8-10/h3-5,8H,6-7H2,1-2H3,(H2,17,23)(H3,18,19,20,21,24). The zero-order chi connectivity index (χ0) is 17.7. The Kier molecular flexibility index (Phi) is 5.93. The maximum atomic E-state index is 12.2. The van der Waals surface area contributed by atoms with Gasteiger partial charge in [0, 0.05) is 23.2 Å². The van der Waals surface area contributed by atoms with Crippen LogP contribution in [0.3, 0.4) is 0 Å². The molecular formula is C15H19BrN6O2. The predicted molar refractivity (Wildman–Crippen MR) is 97.8 cm³/mol. The molecule has 5 N–H and O–H groups in total. The summed E-state index contributed by atoms with van der Waals surface area (Å²) in [5.41, 5.74) is 5.17. The highest BCUT2D eigenvalue weighted by molar-refractivity contribution is 9.10. The minimum Gasteiger partial charge on any atom is -0.365 e. The fraction of sp³-hybridized carbons (Fsp3) is 0.267. The Bertz CT molecular complexity index is 790. The van der Waals surface area contributed by atoms with Gasteiger partial charge < -0.3 is 21.3 Å². The van der Waals surface area contributed by atoms with E-state index in [4.69, 9.17) is 5.73 Å². The number of H-pyrrole nitrogens is 1. The average molecular weight is 395 g/mol. The minimum atomic E-state index is -0.846. The minimum absolute atomic E-state index is 0.108. The Balaban J connectivity index is 2.33. The van der Waals surface area contributed by atoms with Crippen molar-refractivity contribution in [3.8, 4) is 0 Å². The van der Waals surface area contributed by atoms with Gasteiger partial charge in [-0.2, -0.15) is 4.98 Å². The van der Waals surface area contributed by atoms with E-state index >= 15 is 0 Å². The summed E-state index contributed by atoms with van der Waals surface area (Å²) < 4.78 is 0.849. The summed E-state index contributed by atoms with van der Waals surface area (Å²) in [5.74, 6) is -0.470. The third kappa shape index (κ3) is 4.80. The first-order valence-electron chi connectivity index (χ1n) is 7.22. The summed E-state index contributed by atoms with van der Waals surface area (Å²) in [6.45, 7) is 1.35. The molecule has 0 saturated heterocycles. The number of hydrogen-bond acceptors (Lipinski definition) is 6. The molecule has 0 atom stereocenters. The van der Waals surface area contributed by atoms with Gasteiger partial charge in [-0.3, -0.25) is 14.6 Å². The molecule has 2 aromatic rings. The van der Waals surface area contributed by atoms with E-state index in [9.17, 15) is 9.59 Å². The van der Waals surface area contributed by atoms with Crippen LogP contribution in [0.5, 0.6) is 0 Å². The van der Waals surface area contributed by atoms with Gasteiger partial charge in [0.15, 0.2) is 5.82 Å². The Morgan fingerprint density at radius 2 is 2.17 bits per heavy atom. The SMILES string of the molecule is CN(C)CCNc1nc(Nc2cccc(Br)c2)c(C(N)=O)c(=O)[nH]1. The van der Waals surface area contributed by atoms with Crippen molar-refractivity contribution in [2.45, 2.75) is 0 Å². The number of aromatic nitrogens is 2. The first-order valence-corrected chi connectivity index (χ1v) is 8.01. The summed E-state index contributed by atoms with van der Waals surface area (Å²) in [4.78, 5) is 32.5. The number of nitrogens with one attached hydrogen (secondary N) is 3. The number of nitrogens with zero attached hydrogens (tertiary/aromatic N) is 2. The second-order valence-electron chi connectivity index (χ2n) is 5.37. The third-order valence-corrected chi connectivity index (χ3v) is 3.60. The molecule has 0 saturated carbocycles. The zero-order valence-electron chi connectivity index (χ0n) is 13.4. The second-order valence-corrected chi connectivity index (χ2v) is 6.28. The quantitative estimate of drug-likeness (QED) is 0.563. The van der Waals surface area contributed by atoms with Gasteiger partial charge in [0.2, 0.25) is 5.95 Å². The van der Waals surface area contributed by atoms with E-state index < -0.39 is 11.5 Å². The van der Waals surface area contributed by atoms with Gasteiger partial charge in [0.05, 0.1) is 0 Å². The molecular weight excluding hydrogens is 376 g/mol. The Morgan fingerprint density at radius 1 is 1.42 bits per heavy atom. The van der Waals surface area contributed by atoms with Crippen molar-refractivity contribution in [3.63, 3.8) is 0 Å². The number of nitrogens with two attached hydrogens (primary N) is 1. The molecule has 24 heavy (non-hydrogen) atoms. The van der Waals surface area contributed by atoms with Gasteiger partial charge in [-0.05, 0) is 32.3 Å². The van der Waals surface area contributed by atoms with E-state index in [0.29, 0.717) is 12.2 Å². The third-order valence-electron chi connectivity index (χ3n) is 3.10. The number of halogens is 1. The van der Waals surface area contributed by atoms with E-state index in [1.807, 2.05) is 31.1 Å². The van der Waals surface area contributed by atoms with Crippen LogP contribution in [0.25, 0.3) is 0 Å². The van der Waals surface area contributed by atoms with Gasteiger partial charge >= 0.3 is 0 Å². The highest BCUT2D eigenvalue weighted by atomic mass is 79.9. The predicted octanol–water partition coefficient (Wildman–Crippen LogP) is 1.35. The number of amides is 1. The molecule has 0 aliphatic heterocycles. The molecule has 0 radical (unpaired) electrons. The van der Waals surface area contributed by atoms with Crippen molar-refractivity contribution in [2.75, 3.05) is 37.8 Å². The van der Waals surface area contributed by atoms with Crippen molar-refractivity contribution in [1.29, 1.82) is 0 Å². The van der Waals surface area contributed by atoms with Gasteiger partial charge in [0.1, 0.15) is 5.56 Å². The summed E-state index contributed by atoms with van der Waals surface area (Å²) in [6, 6.07) is 7.27. The first-order chi connectivity index (χ1) is 11.4. The lowest BCUT2D eigenvalue weighted by Crippen LogP contribution is -2.28. The maximum absolute atomic E-state index is 12.2. The topological polar surface area (TPSA) is 116 Å². The lowest BCUT2D eigenvalue weighted by atomic mass is 10.2. The number of carbonyl (C=O) groups excluding carboxylic acids is 1. The number of carbonyl (C=O) groups is 1. The first kappa shape index (κ1) is 18.0. The van der Waals surface area contributed by atoms with Crippen LogP contribution in [0, 0.1) is 0 Å². The van der Waals surface area contributed by atoms with Crippen LogP contribution in [0.4, 0.5) is 17.5 Å². The van der Waals surface area contributed by atoms with Crippen LogP contribution < -0.4 is 21.9 Å². The van der Waals surface area contributed by atoms with Gasteiger partial charge in [-0.1, -0.05) is 22.0 Å². The van der Waals surface area contributed by atoms with Crippen LogP contribution in [0.15, 0.2) is 33.5 Å². The largest absolute Gasteiger partial charge is 0.365 e. The van der Waals surface area contributed by atoms with Crippen LogP contribution in [-0.2, 0) is 0 Å². The highest BCUT2D eigenvalue weighted by Gasteiger charge is 2.17. The molecule has 1 amide bonds. The van der Waals surface area contributed by atoms with Crippen LogP contribution in [-0.4, -0.2) is 48.0 Å². The Labute approximate surface area is 147 Å². The van der Waals surface area contributed by atoms with Crippen molar-refractivity contribution in [2.24, 2.45) is 5.73 Å². The molecule has 0 aliphatic carbocycles. The molecule has 9 heteroatoms. The number of likely N-dealkylation sites (N-methyl/N-ethyl adjacent to an activating group) is 1. The molecule has 0 unspecified atom stereocenters. The van der Waals surface area contributed by atoms with Crippen molar-refractivity contribution in [3.05, 3.63) is 44.7 Å². The molecule has 0 bridgehead atoms. The smallest absolute Gasteiger partial charge is 0.267 e. The average Bonchev–Trinajstić information content (AvgIpc) is 2.46. The van der Waals surface area contributed by atoms with E-state index in [2.05, 4.69) is 36.5 Å². The van der Waals surface area contributed by atoms with Crippen molar-refractivity contribution < 1.29 is 4.79 Å². The second kappa shape index (κ2) is 7.93. The molecule has 0 fully saturated rings. The normalized spacial score (nSPS) is 10.7. The molecule has 8 nitrogen and oxygen atoms in total. The van der Waals surface area contributed by atoms with Crippen molar-refractivity contribution >= 4 is 39.3 Å². The van der Waals surface area contributed by atoms with Gasteiger partial charge in [-0.15, -0.1) is 0 Å². The van der Waals surface area contributed by atoms with Crippen LogP contribution in [0.1, 0.15) is 10.4 Å². The Hall–Kier alpha value is -2.39. The van der Waals surface area contributed by atoms with E-state index in [0.717, 1.165) is 11.0 Å². The van der Waals surface area contributed by atoms with E-state index in [1.54, 1.807) is 12.1 Å². The number of aromatic amines is 1. The number of rotatable bonds is 7. The summed E-state index contributed by atoms with van der Waals surface area (Å²) in [6.07, 6.45) is 0. The molecule has 2 rings (SSSR count). The molecule has 1 heterocycles. The van der Waals surface area contributed by atoms with Gasteiger partial charge in [-0.25, -0.2) is 0 Å². The van der Waals surface area contributed by atoms with Crippen LogP contribution >= 0.6 is 15.9 Å². The highest BCUT2D eigenvalue weighted by Crippen LogP contribution is 2.21. The van der Waals surface area contributed by atoms with E-state index in [-0.39, 0.29) is 17.3 Å². The molecule has 128 valence electrons. The maximum Gasteiger partial charge on any atom is 0.267 e. The van der Waals surface area contributed by atoms with Crippen molar-refractivity contribution in [1.82, 2.24) is 14.9 Å². The molecule has 0 aliphatic rings. The number of benzene rings is 1. The molecule has 1 aromatic heterocycles. The molecule has 0 spiro atoms. The fourth-order valence-electron chi connectivity index (χ4n) is 1.98. The number of hydrogen-bond donors (Lipinski definition) is 4. The lowest BCUT2D eigenvalue weighted by Gasteiger charge is -2.13. The van der Waals surface area contributed by atoms with Crippen LogP contribution in [0.2, 0.25) is 0 Å². The fourth-order valence-corrected chi connectivity index (χ4v) is 2.38. The number of primary amides is 1. The lowest BCUT2D eigenvalue weighted by molar-refractivity contribution is 0.0999. The Morgan fingerprint density at radius 3 is 2.79 bits per heavy atom. The molecule has 1 aromatic carbocycles. The summed E-state index contributed by atoms with van der Waals surface area (Å²) in [5, 5.41) is 5.97. The summed E-state index contributed by atoms with van der Waals surface area (Å²) >= 11 is 3.36. The monoisotopic (exact) mass is 394 g/mol. The van der Waals surface area contributed by atoms with E-state index in [1.165, 1.54) is 0 Å². The number of anilines is 3. The van der Waals surface area contributed by atoms with Gasteiger partial charge in [0.25, 0.3) is 11.5 Å².